The third-order valence-electron chi connectivity index (χ3n) is 5.31. The van der Waals surface area contributed by atoms with Gasteiger partial charge in [0, 0.05) is 18.3 Å². The minimum atomic E-state index is 0.0276. The van der Waals surface area contributed by atoms with Gasteiger partial charge in [0.25, 0.3) is 0 Å². The van der Waals surface area contributed by atoms with Crippen molar-refractivity contribution in [2.75, 3.05) is 0 Å². The fourth-order valence-corrected chi connectivity index (χ4v) is 3.26. The van der Waals surface area contributed by atoms with Crippen LogP contribution in [0.3, 0.4) is 0 Å². The third kappa shape index (κ3) is 5.76. The Balaban J connectivity index is 2.33. The van der Waals surface area contributed by atoms with Crippen molar-refractivity contribution in [2.24, 2.45) is 23.7 Å². The molecule has 1 aliphatic carbocycles. The molecule has 0 N–H and O–H groups in total. The average molecular weight is 280 g/mol. The van der Waals surface area contributed by atoms with Crippen molar-refractivity contribution in [2.45, 2.75) is 79.1 Å². The fraction of sp³-hybridized carbons (Fsp3) is 0.889. The highest BCUT2D eigenvalue weighted by Gasteiger charge is 2.24. The van der Waals surface area contributed by atoms with Gasteiger partial charge in [0.2, 0.25) is 0 Å². The van der Waals surface area contributed by atoms with E-state index in [0.29, 0.717) is 24.5 Å². The van der Waals surface area contributed by atoms with Crippen LogP contribution in [0.2, 0.25) is 0 Å². The summed E-state index contributed by atoms with van der Waals surface area (Å²) in [5.41, 5.74) is 0. The van der Waals surface area contributed by atoms with E-state index in [1.807, 2.05) is 6.92 Å². The molecule has 1 saturated carbocycles. The molecule has 1 rings (SSSR count). The molecule has 0 aromatic carbocycles. The van der Waals surface area contributed by atoms with Crippen LogP contribution in [0.5, 0.6) is 0 Å². The summed E-state index contributed by atoms with van der Waals surface area (Å²) >= 11 is 0. The van der Waals surface area contributed by atoms with Gasteiger partial charge in [-0.1, -0.05) is 52.9 Å². The van der Waals surface area contributed by atoms with E-state index in [9.17, 15) is 9.59 Å². The molecule has 2 nitrogen and oxygen atoms in total. The summed E-state index contributed by atoms with van der Waals surface area (Å²) < 4.78 is 0. The Kier molecular flexibility index (Phi) is 7.47. The lowest BCUT2D eigenvalue weighted by Crippen LogP contribution is -2.23. The zero-order chi connectivity index (χ0) is 15.1. The highest BCUT2D eigenvalue weighted by molar-refractivity contribution is 5.82. The quantitative estimate of drug-likeness (QED) is 0.640. The predicted molar refractivity (Wildman–Crippen MR) is 83.6 cm³/mol. The number of carbonyl (C=O) groups is 2. The van der Waals surface area contributed by atoms with Crippen LogP contribution in [0.1, 0.15) is 79.1 Å². The minimum absolute atomic E-state index is 0.0276. The van der Waals surface area contributed by atoms with Gasteiger partial charge in [-0.25, -0.2) is 0 Å². The molecule has 116 valence electrons. The zero-order valence-corrected chi connectivity index (χ0v) is 13.8. The molecule has 20 heavy (non-hydrogen) atoms. The largest absolute Gasteiger partial charge is 0.300 e. The maximum absolute atomic E-state index is 12.2. The SMILES string of the molecule is CC(=O)[C@@H](C)CCC(=O)C(C)C(C)CC1CCCCC1. The molecule has 0 aromatic heterocycles. The number of carbonyl (C=O) groups excluding carboxylic acids is 2. The molecule has 0 aliphatic heterocycles. The molecular formula is C18H32O2. The Hall–Kier alpha value is -0.660. The number of rotatable bonds is 8. The first-order chi connectivity index (χ1) is 9.41. The maximum Gasteiger partial charge on any atom is 0.135 e. The van der Waals surface area contributed by atoms with E-state index in [1.165, 1.54) is 38.5 Å². The lowest BCUT2D eigenvalue weighted by atomic mass is 9.78. The van der Waals surface area contributed by atoms with E-state index in [0.717, 1.165) is 5.92 Å². The second-order valence-electron chi connectivity index (χ2n) is 7.02. The zero-order valence-electron chi connectivity index (χ0n) is 13.8. The van der Waals surface area contributed by atoms with Crippen molar-refractivity contribution in [3.63, 3.8) is 0 Å². The van der Waals surface area contributed by atoms with E-state index in [2.05, 4.69) is 13.8 Å². The van der Waals surface area contributed by atoms with E-state index in [4.69, 9.17) is 0 Å². The summed E-state index contributed by atoms with van der Waals surface area (Å²) in [7, 11) is 0. The first kappa shape index (κ1) is 17.4. The van der Waals surface area contributed by atoms with Gasteiger partial charge >= 0.3 is 0 Å². The predicted octanol–water partition coefficient (Wildman–Crippen LogP) is 4.80. The molecule has 0 radical (unpaired) electrons. The molecule has 0 aromatic rings. The Morgan fingerprint density at radius 1 is 1.05 bits per heavy atom. The first-order valence-corrected chi connectivity index (χ1v) is 8.45. The van der Waals surface area contributed by atoms with Crippen LogP contribution in [0, 0.1) is 23.7 Å². The van der Waals surface area contributed by atoms with Crippen LogP contribution >= 0.6 is 0 Å². The normalized spacial score (nSPS) is 21.2. The number of hydrogen-bond acceptors (Lipinski definition) is 2. The highest BCUT2D eigenvalue weighted by atomic mass is 16.1. The Morgan fingerprint density at radius 3 is 2.20 bits per heavy atom. The summed E-state index contributed by atoms with van der Waals surface area (Å²) in [6.07, 6.45) is 9.33. The van der Waals surface area contributed by atoms with Gasteiger partial charge in [0.1, 0.15) is 11.6 Å². The van der Waals surface area contributed by atoms with Crippen molar-refractivity contribution in [3.05, 3.63) is 0 Å². The Labute approximate surface area is 124 Å². The molecule has 2 heteroatoms. The molecule has 0 spiro atoms. The summed E-state index contributed by atoms with van der Waals surface area (Å²) in [6.45, 7) is 7.84. The molecular weight excluding hydrogens is 248 g/mol. The maximum atomic E-state index is 12.2. The number of hydrogen-bond donors (Lipinski definition) is 0. The van der Waals surface area contributed by atoms with Crippen LogP contribution < -0.4 is 0 Å². The van der Waals surface area contributed by atoms with Crippen molar-refractivity contribution in [1.82, 2.24) is 0 Å². The molecule has 0 amide bonds. The second-order valence-corrected chi connectivity index (χ2v) is 7.02. The van der Waals surface area contributed by atoms with Crippen molar-refractivity contribution < 1.29 is 9.59 Å². The number of Topliss-reactive ketones (excluding diaryl/α,β-unsaturated/α-hetero) is 2. The standard InChI is InChI=1S/C18H32O2/c1-13(16(4)19)10-11-18(20)15(3)14(2)12-17-8-6-5-7-9-17/h13-15,17H,5-12H2,1-4H3/t13-,14?,15?/m0/s1. The molecule has 0 heterocycles. The van der Waals surface area contributed by atoms with Gasteiger partial charge in [0.15, 0.2) is 0 Å². The van der Waals surface area contributed by atoms with Gasteiger partial charge in [0.05, 0.1) is 0 Å². The first-order valence-electron chi connectivity index (χ1n) is 8.45. The second kappa shape index (κ2) is 8.59. The molecule has 0 bridgehead atoms. The molecule has 3 atom stereocenters. The van der Waals surface area contributed by atoms with Crippen molar-refractivity contribution >= 4 is 11.6 Å². The van der Waals surface area contributed by atoms with Gasteiger partial charge in [-0.05, 0) is 31.6 Å². The van der Waals surface area contributed by atoms with Gasteiger partial charge < -0.3 is 0 Å². The van der Waals surface area contributed by atoms with Crippen molar-refractivity contribution in [3.8, 4) is 0 Å². The van der Waals surface area contributed by atoms with Crippen LogP contribution in [-0.4, -0.2) is 11.6 Å². The Morgan fingerprint density at radius 2 is 1.65 bits per heavy atom. The third-order valence-corrected chi connectivity index (χ3v) is 5.31. The smallest absolute Gasteiger partial charge is 0.135 e. The summed E-state index contributed by atoms with van der Waals surface area (Å²) in [4.78, 5) is 23.5. The van der Waals surface area contributed by atoms with Crippen molar-refractivity contribution in [1.29, 1.82) is 0 Å². The lowest BCUT2D eigenvalue weighted by molar-refractivity contribution is -0.124. The summed E-state index contributed by atoms with van der Waals surface area (Å²) in [6, 6.07) is 0. The van der Waals surface area contributed by atoms with E-state index >= 15 is 0 Å². The van der Waals surface area contributed by atoms with E-state index < -0.39 is 0 Å². The highest BCUT2D eigenvalue weighted by Crippen LogP contribution is 2.32. The molecule has 0 saturated heterocycles. The van der Waals surface area contributed by atoms with Gasteiger partial charge in [-0.15, -0.1) is 0 Å². The molecule has 2 unspecified atom stereocenters. The summed E-state index contributed by atoms with van der Waals surface area (Å²) in [5, 5.41) is 0. The molecule has 1 fully saturated rings. The minimum Gasteiger partial charge on any atom is -0.300 e. The molecule has 1 aliphatic rings. The lowest BCUT2D eigenvalue weighted by Gasteiger charge is -2.27. The number of ketones is 2. The van der Waals surface area contributed by atoms with E-state index in [1.54, 1.807) is 6.92 Å². The van der Waals surface area contributed by atoms with Crippen LogP contribution in [-0.2, 0) is 9.59 Å². The van der Waals surface area contributed by atoms with Gasteiger partial charge in [-0.3, -0.25) is 9.59 Å². The van der Waals surface area contributed by atoms with Crippen LogP contribution in [0.4, 0.5) is 0 Å². The topological polar surface area (TPSA) is 34.1 Å². The Bertz CT molecular complexity index is 315. The van der Waals surface area contributed by atoms with Crippen LogP contribution in [0.15, 0.2) is 0 Å². The average Bonchev–Trinajstić information content (AvgIpc) is 2.44. The summed E-state index contributed by atoms with van der Waals surface area (Å²) in [5.74, 6) is 2.04. The van der Waals surface area contributed by atoms with E-state index in [-0.39, 0.29) is 17.6 Å². The van der Waals surface area contributed by atoms with Gasteiger partial charge in [-0.2, -0.15) is 0 Å². The monoisotopic (exact) mass is 280 g/mol. The fourth-order valence-electron chi connectivity index (χ4n) is 3.26. The van der Waals surface area contributed by atoms with Crippen LogP contribution in [0.25, 0.3) is 0 Å².